The molecule has 3 aromatic rings. The number of carbonyl (C=O) groups is 1. The summed E-state index contributed by atoms with van der Waals surface area (Å²) in [7, 11) is 0. The molecule has 0 unspecified atom stereocenters. The average molecular weight is 354 g/mol. The fourth-order valence-corrected chi connectivity index (χ4v) is 2.32. The molecule has 1 N–H and O–H groups in total. The molecule has 0 aliphatic rings. The summed E-state index contributed by atoms with van der Waals surface area (Å²) in [5.41, 5.74) is 4.88. The standard InChI is InChI=1S/C17H12BrN3O/c18-14-7-5-12(6-8-14)17(22)21-20-11-13-9-10-19-16-4-2-1-3-15(13)16/h1-11H,(H,21,22)/b20-11-. The van der Waals surface area contributed by atoms with Crippen LogP contribution in [-0.4, -0.2) is 17.1 Å². The molecule has 0 aliphatic heterocycles. The summed E-state index contributed by atoms with van der Waals surface area (Å²) >= 11 is 3.33. The monoisotopic (exact) mass is 353 g/mol. The van der Waals surface area contributed by atoms with Crippen LogP contribution in [0.2, 0.25) is 0 Å². The Morgan fingerprint density at radius 2 is 1.86 bits per heavy atom. The van der Waals surface area contributed by atoms with E-state index in [9.17, 15) is 4.79 Å². The second kappa shape index (κ2) is 6.49. The summed E-state index contributed by atoms with van der Waals surface area (Å²) in [5.74, 6) is -0.248. The van der Waals surface area contributed by atoms with E-state index in [0.29, 0.717) is 5.56 Å². The van der Waals surface area contributed by atoms with Crippen molar-refractivity contribution in [2.75, 3.05) is 0 Å². The summed E-state index contributed by atoms with van der Waals surface area (Å²) in [6, 6.07) is 16.7. The first kappa shape index (κ1) is 14.4. The smallest absolute Gasteiger partial charge is 0.267 e. The number of nitrogens with zero attached hydrogens (tertiary/aromatic N) is 2. The highest BCUT2D eigenvalue weighted by atomic mass is 79.9. The van der Waals surface area contributed by atoms with E-state index in [2.05, 4.69) is 31.4 Å². The molecule has 0 bridgehead atoms. The second-order valence-electron chi connectivity index (χ2n) is 4.62. The normalized spacial score (nSPS) is 11.0. The highest BCUT2D eigenvalue weighted by Gasteiger charge is 2.03. The predicted octanol–water partition coefficient (Wildman–Crippen LogP) is 3.76. The molecule has 0 radical (unpaired) electrons. The van der Waals surface area contributed by atoms with E-state index in [4.69, 9.17) is 0 Å². The minimum Gasteiger partial charge on any atom is -0.267 e. The van der Waals surface area contributed by atoms with Crippen LogP contribution in [0.15, 0.2) is 70.4 Å². The van der Waals surface area contributed by atoms with E-state index in [0.717, 1.165) is 20.9 Å². The van der Waals surface area contributed by atoms with Gasteiger partial charge in [-0.1, -0.05) is 34.1 Å². The molecule has 1 aromatic heterocycles. The Balaban J connectivity index is 1.76. The molecule has 0 aliphatic carbocycles. The van der Waals surface area contributed by atoms with E-state index in [1.807, 2.05) is 42.5 Å². The Hall–Kier alpha value is -2.53. The minimum atomic E-state index is -0.248. The van der Waals surface area contributed by atoms with Gasteiger partial charge in [0, 0.05) is 27.2 Å². The Labute approximate surface area is 136 Å². The number of para-hydroxylation sites is 1. The van der Waals surface area contributed by atoms with Crippen molar-refractivity contribution >= 4 is 39.0 Å². The Bertz CT molecular complexity index is 839. The fourth-order valence-electron chi connectivity index (χ4n) is 2.06. The lowest BCUT2D eigenvalue weighted by Gasteiger charge is -2.02. The maximum atomic E-state index is 12.0. The van der Waals surface area contributed by atoms with Crippen molar-refractivity contribution in [2.45, 2.75) is 0 Å². The number of benzene rings is 2. The van der Waals surface area contributed by atoms with Gasteiger partial charge in [0.1, 0.15) is 0 Å². The van der Waals surface area contributed by atoms with Crippen LogP contribution in [0, 0.1) is 0 Å². The largest absolute Gasteiger partial charge is 0.271 e. The molecule has 1 amide bonds. The summed E-state index contributed by atoms with van der Waals surface area (Å²) in [5, 5.41) is 5.02. The van der Waals surface area contributed by atoms with Crippen molar-refractivity contribution in [1.29, 1.82) is 0 Å². The highest BCUT2D eigenvalue weighted by Crippen LogP contribution is 2.14. The van der Waals surface area contributed by atoms with Gasteiger partial charge in [0.25, 0.3) is 5.91 Å². The number of hydrazone groups is 1. The quantitative estimate of drug-likeness (QED) is 0.575. The van der Waals surface area contributed by atoms with Crippen molar-refractivity contribution in [3.63, 3.8) is 0 Å². The average Bonchev–Trinajstić information content (AvgIpc) is 2.55. The second-order valence-corrected chi connectivity index (χ2v) is 5.54. The van der Waals surface area contributed by atoms with Crippen molar-refractivity contribution in [3.8, 4) is 0 Å². The first-order chi connectivity index (χ1) is 10.7. The lowest BCUT2D eigenvalue weighted by molar-refractivity contribution is 0.0955. The predicted molar refractivity (Wildman–Crippen MR) is 90.9 cm³/mol. The van der Waals surface area contributed by atoms with Gasteiger partial charge in [-0.25, -0.2) is 5.43 Å². The molecule has 1 heterocycles. The van der Waals surface area contributed by atoms with Crippen molar-refractivity contribution in [1.82, 2.24) is 10.4 Å². The Morgan fingerprint density at radius 1 is 1.09 bits per heavy atom. The Morgan fingerprint density at radius 3 is 2.68 bits per heavy atom. The molecule has 0 saturated carbocycles. The van der Waals surface area contributed by atoms with Gasteiger partial charge in [0.05, 0.1) is 11.7 Å². The molecule has 4 nitrogen and oxygen atoms in total. The van der Waals surface area contributed by atoms with Crippen molar-refractivity contribution in [3.05, 3.63) is 76.4 Å². The summed E-state index contributed by atoms with van der Waals surface area (Å²) in [6.45, 7) is 0. The zero-order chi connectivity index (χ0) is 15.4. The molecule has 5 heteroatoms. The number of fused-ring (bicyclic) bond motifs is 1. The summed E-state index contributed by atoms with van der Waals surface area (Å²) < 4.78 is 0.927. The highest BCUT2D eigenvalue weighted by molar-refractivity contribution is 9.10. The topological polar surface area (TPSA) is 54.4 Å². The van der Waals surface area contributed by atoms with E-state index in [1.54, 1.807) is 24.5 Å². The molecule has 0 spiro atoms. The van der Waals surface area contributed by atoms with E-state index in [1.165, 1.54) is 0 Å². The molecule has 0 atom stereocenters. The first-order valence-corrected chi connectivity index (χ1v) is 7.46. The van der Waals surface area contributed by atoms with E-state index >= 15 is 0 Å². The van der Waals surface area contributed by atoms with Crippen LogP contribution < -0.4 is 5.43 Å². The van der Waals surface area contributed by atoms with Crippen LogP contribution in [0.5, 0.6) is 0 Å². The number of pyridine rings is 1. The zero-order valence-corrected chi connectivity index (χ0v) is 13.1. The van der Waals surface area contributed by atoms with E-state index in [-0.39, 0.29) is 5.91 Å². The van der Waals surface area contributed by atoms with Crippen molar-refractivity contribution < 1.29 is 4.79 Å². The van der Waals surface area contributed by atoms with Crippen LogP contribution in [0.25, 0.3) is 10.9 Å². The number of amides is 1. The third kappa shape index (κ3) is 3.20. The van der Waals surface area contributed by atoms with Gasteiger partial charge in [-0.15, -0.1) is 0 Å². The van der Waals surface area contributed by atoms with Gasteiger partial charge in [-0.05, 0) is 36.4 Å². The molecule has 22 heavy (non-hydrogen) atoms. The van der Waals surface area contributed by atoms with Crippen LogP contribution in [0.4, 0.5) is 0 Å². The maximum Gasteiger partial charge on any atom is 0.271 e. The van der Waals surface area contributed by atoms with Gasteiger partial charge in [0.2, 0.25) is 0 Å². The Kier molecular flexibility index (Phi) is 4.25. The molecule has 0 saturated heterocycles. The van der Waals surface area contributed by atoms with Gasteiger partial charge < -0.3 is 0 Å². The number of hydrogen-bond acceptors (Lipinski definition) is 3. The molecule has 0 fully saturated rings. The first-order valence-electron chi connectivity index (χ1n) is 6.67. The molecular formula is C17H12BrN3O. The van der Waals surface area contributed by atoms with Gasteiger partial charge in [-0.2, -0.15) is 5.10 Å². The lowest BCUT2D eigenvalue weighted by Crippen LogP contribution is -2.17. The van der Waals surface area contributed by atoms with Gasteiger partial charge >= 0.3 is 0 Å². The minimum absolute atomic E-state index is 0.248. The SMILES string of the molecule is O=C(N/N=C\c1ccnc2ccccc12)c1ccc(Br)cc1. The third-order valence-electron chi connectivity index (χ3n) is 3.16. The fraction of sp³-hybridized carbons (Fsp3) is 0. The summed E-state index contributed by atoms with van der Waals surface area (Å²) in [6.07, 6.45) is 3.35. The van der Waals surface area contributed by atoms with Crippen LogP contribution in [0.1, 0.15) is 15.9 Å². The van der Waals surface area contributed by atoms with Crippen LogP contribution in [-0.2, 0) is 0 Å². The molecular weight excluding hydrogens is 342 g/mol. The zero-order valence-electron chi connectivity index (χ0n) is 11.5. The van der Waals surface area contributed by atoms with Crippen LogP contribution >= 0.6 is 15.9 Å². The summed E-state index contributed by atoms with van der Waals surface area (Å²) in [4.78, 5) is 16.2. The number of halogens is 1. The number of rotatable bonds is 3. The van der Waals surface area contributed by atoms with Gasteiger partial charge in [-0.3, -0.25) is 9.78 Å². The lowest BCUT2D eigenvalue weighted by atomic mass is 10.1. The number of carbonyl (C=O) groups excluding carboxylic acids is 1. The number of hydrogen-bond donors (Lipinski definition) is 1. The molecule has 2 aromatic carbocycles. The number of nitrogens with one attached hydrogen (secondary N) is 1. The maximum absolute atomic E-state index is 12.0. The van der Waals surface area contributed by atoms with Gasteiger partial charge in [0.15, 0.2) is 0 Å². The number of aromatic nitrogens is 1. The van der Waals surface area contributed by atoms with Crippen LogP contribution in [0.3, 0.4) is 0 Å². The van der Waals surface area contributed by atoms with E-state index < -0.39 is 0 Å². The molecule has 3 rings (SSSR count). The molecule has 108 valence electrons. The van der Waals surface area contributed by atoms with Crippen molar-refractivity contribution in [2.24, 2.45) is 5.10 Å². The third-order valence-corrected chi connectivity index (χ3v) is 3.69.